The molecule has 6 heteroatoms. The Labute approximate surface area is 141 Å². The van der Waals surface area contributed by atoms with Crippen LogP contribution in [0.2, 0.25) is 0 Å². The zero-order chi connectivity index (χ0) is 16.2. The minimum Gasteiger partial charge on any atom is -0.373 e. The van der Waals surface area contributed by atoms with Gasteiger partial charge < -0.3 is 10.2 Å². The number of aromatic nitrogens is 1. The highest BCUT2D eigenvalue weighted by Gasteiger charge is 2.22. The topological polar surface area (TPSA) is 48.5 Å². The number of thiophene rings is 1. The van der Waals surface area contributed by atoms with Crippen LogP contribution in [-0.4, -0.2) is 56.1 Å². The number of carbonyl (C=O) groups excluding carboxylic acids is 1. The molecular formula is C17H24N4OS. The van der Waals surface area contributed by atoms with Crippen molar-refractivity contribution in [1.82, 2.24) is 15.2 Å². The molecule has 3 rings (SSSR count). The van der Waals surface area contributed by atoms with E-state index in [1.165, 1.54) is 10.4 Å². The summed E-state index contributed by atoms with van der Waals surface area (Å²) < 4.78 is 1.27. The molecule has 2 aromatic rings. The van der Waals surface area contributed by atoms with Crippen molar-refractivity contribution in [1.29, 1.82) is 0 Å². The number of nitrogens with zero attached hydrogens (tertiary/aromatic N) is 3. The fourth-order valence-corrected chi connectivity index (χ4v) is 4.17. The Morgan fingerprint density at radius 3 is 2.96 bits per heavy atom. The van der Waals surface area contributed by atoms with Gasteiger partial charge in [-0.05, 0) is 49.4 Å². The van der Waals surface area contributed by atoms with Gasteiger partial charge in [0.05, 0.1) is 22.4 Å². The van der Waals surface area contributed by atoms with Crippen LogP contribution in [0, 0.1) is 5.92 Å². The lowest BCUT2D eigenvalue weighted by molar-refractivity contribution is -0.122. The Hall–Kier alpha value is -1.66. The first-order chi connectivity index (χ1) is 11.2. The van der Waals surface area contributed by atoms with E-state index >= 15 is 0 Å². The molecule has 0 aliphatic carbocycles. The van der Waals surface area contributed by atoms with Crippen LogP contribution >= 0.6 is 11.3 Å². The van der Waals surface area contributed by atoms with Gasteiger partial charge in [0.1, 0.15) is 0 Å². The number of carbonyl (C=O) groups is 1. The zero-order valence-corrected chi connectivity index (χ0v) is 14.6. The van der Waals surface area contributed by atoms with Gasteiger partial charge in [-0.25, -0.2) is 0 Å². The maximum absolute atomic E-state index is 11.5. The number of rotatable bonds is 5. The van der Waals surface area contributed by atoms with Gasteiger partial charge in [0.2, 0.25) is 5.91 Å². The molecule has 1 aliphatic rings. The van der Waals surface area contributed by atoms with Crippen LogP contribution in [0.1, 0.15) is 12.8 Å². The summed E-state index contributed by atoms with van der Waals surface area (Å²) in [5.41, 5.74) is 2.36. The van der Waals surface area contributed by atoms with Gasteiger partial charge in [0, 0.05) is 26.8 Å². The summed E-state index contributed by atoms with van der Waals surface area (Å²) in [4.78, 5) is 20.5. The molecular weight excluding hydrogens is 308 g/mol. The van der Waals surface area contributed by atoms with Gasteiger partial charge in [-0.1, -0.05) is 0 Å². The molecule has 5 nitrogen and oxygen atoms in total. The molecule has 0 bridgehead atoms. The maximum atomic E-state index is 11.5. The lowest BCUT2D eigenvalue weighted by Gasteiger charge is -2.34. The van der Waals surface area contributed by atoms with Crippen molar-refractivity contribution in [3.8, 4) is 0 Å². The highest BCUT2D eigenvalue weighted by molar-refractivity contribution is 7.17. The third-order valence-electron chi connectivity index (χ3n) is 4.62. The van der Waals surface area contributed by atoms with Crippen molar-refractivity contribution in [3.05, 3.63) is 23.7 Å². The lowest BCUT2D eigenvalue weighted by atomic mass is 9.96. The summed E-state index contributed by atoms with van der Waals surface area (Å²) in [7, 11) is 3.87. The second-order valence-electron chi connectivity index (χ2n) is 6.24. The van der Waals surface area contributed by atoms with E-state index in [1.807, 2.05) is 6.20 Å². The van der Waals surface area contributed by atoms with Crippen molar-refractivity contribution in [2.45, 2.75) is 12.8 Å². The van der Waals surface area contributed by atoms with E-state index < -0.39 is 0 Å². The van der Waals surface area contributed by atoms with E-state index in [4.69, 9.17) is 0 Å². The summed E-state index contributed by atoms with van der Waals surface area (Å²) in [6.45, 7) is 3.61. The van der Waals surface area contributed by atoms with E-state index in [9.17, 15) is 4.79 Å². The second-order valence-corrected chi connectivity index (χ2v) is 7.15. The molecule has 0 aromatic carbocycles. The largest absolute Gasteiger partial charge is 0.373 e. The van der Waals surface area contributed by atoms with Crippen LogP contribution in [0.5, 0.6) is 0 Å². The van der Waals surface area contributed by atoms with E-state index in [0.29, 0.717) is 12.5 Å². The first-order valence-corrected chi connectivity index (χ1v) is 9.01. The average molecular weight is 332 g/mol. The molecule has 1 aliphatic heterocycles. The normalized spacial score (nSPS) is 16.6. The van der Waals surface area contributed by atoms with E-state index in [0.717, 1.165) is 38.0 Å². The highest BCUT2D eigenvalue weighted by atomic mass is 32.1. The molecule has 2 aromatic heterocycles. The zero-order valence-electron chi connectivity index (χ0n) is 13.8. The number of hydrogen-bond donors (Lipinski definition) is 1. The predicted octanol–water partition coefficient (Wildman–Crippen LogP) is 2.19. The molecule has 0 atom stereocenters. The fourth-order valence-electron chi connectivity index (χ4n) is 3.26. The molecule has 23 heavy (non-hydrogen) atoms. The number of hydrogen-bond acceptors (Lipinski definition) is 5. The summed E-state index contributed by atoms with van der Waals surface area (Å²) in [5, 5.41) is 4.80. The lowest BCUT2D eigenvalue weighted by Crippen LogP contribution is -2.42. The van der Waals surface area contributed by atoms with Crippen LogP contribution in [-0.2, 0) is 4.79 Å². The summed E-state index contributed by atoms with van der Waals surface area (Å²) in [6, 6.07) is 4.19. The molecule has 0 saturated carbocycles. The summed E-state index contributed by atoms with van der Waals surface area (Å²) in [6.07, 6.45) is 4.20. The Morgan fingerprint density at radius 1 is 1.43 bits per heavy atom. The Balaban J connectivity index is 1.56. The van der Waals surface area contributed by atoms with E-state index in [-0.39, 0.29) is 5.91 Å². The molecule has 0 radical (unpaired) electrons. The van der Waals surface area contributed by atoms with Crippen molar-refractivity contribution < 1.29 is 4.79 Å². The molecule has 124 valence electrons. The fraction of sp³-hybridized carbons (Fsp3) is 0.529. The summed E-state index contributed by atoms with van der Waals surface area (Å²) >= 11 is 1.76. The smallest absolute Gasteiger partial charge is 0.233 e. The van der Waals surface area contributed by atoms with Gasteiger partial charge in [-0.3, -0.25) is 14.7 Å². The van der Waals surface area contributed by atoms with Crippen LogP contribution < -0.4 is 10.2 Å². The molecule has 0 unspecified atom stereocenters. The molecule has 1 saturated heterocycles. The van der Waals surface area contributed by atoms with Crippen LogP contribution in [0.4, 0.5) is 5.69 Å². The third kappa shape index (κ3) is 3.82. The SMILES string of the molecule is CNC(=O)CN1CCC(CN(C)c2ccnc3ccsc23)CC1. The first kappa shape index (κ1) is 16.2. The maximum Gasteiger partial charge on any atom is 0.233 e. The van der Waals surface area contributed by atoms with Crippen molar-refractivity contribution in [3.63, 3.8) is 0 Å². The Kier molecular flexibility index (Phi) is 5.13. The van der Waals surface area contributed by atoms with Crippen molar-refractivity contribution >= 4 is 33.1 Å². The standard InChI is InChI=1S/C17H24N4OS/c1-18-16(22)12-21-8-4-13(5-9-21)11-20(2)15-3-7-19-14-6-10-23-17(14)15/h3,6-7,10,13H,4-5,8-9,11-12H2,1-2H3,(H,18,22). The number of anilines is 1. The molecule has 3 heterocycles. The van der Waals surface area contributed by atoms with E-state index in [2.05, 4.69) is 44.7 Å². The van der Waals surface area contributed by atoms with Gasteiger partial charge in [-0.15, -0.1) is 11.3 Å². The molecule has 1 N–H and O–H groups in total. The quantitative estimate of drug-likeness (QED) is 0.912. The monoisotopic (exact) mass is 332 g/mol. The van der Waals surface area contributed by atoms with Crippen molar-refractivity contribution in [2.75, 3.05) is 45.2 Å². The number of pyridine rings is 1. The highest BCUT2D eigenvalue weighted by Crippen LogP contribution is 2.30. The van der Waals surface area contributed by atoms with Crippen LogP contribution in [0.15, 0.2) is 23.7 Å². The number of amides is 1. The summed E-state index contributed by atoms with van der Waals surface area (Å²) in [5.74, 6) is 0.793. The molecule has 1 amide bonds. The van der Waals surface area contributed by atoms with Gasteiger partial charge in [0.25, 0.3) is 0 Å². The number of likely N-dealkylation sites (tertiary alicyclic amines) is 1. The number of piperidine rings is 1. The number of nitrogens with one attached hydrogen (secondary N) is 1. The van der Waals surface area contributed by atoms with Gasteiger partial charge in [0.15, 0.2) is 0 Å². The Bertz CT molecular complexity index is 663. The average Bonchev–Trinajstić information content (AvgIpc) is 3.05. The Morgan fingerprint density at radius 2 is 2.22 bits per heavy atom. The minimum atomic E-state index is 0.109. The minimum absolute atomic E-state index is 0.109. The van der Waals surface area contributed by atoms with Gasteiger partial charge in [-0.2, -0.15) is 0 Å². The number of fused-ring (bicyclic) bond motifs is 1. The van der Waals surface area contributed by atoms with Crippen molar-refractivity contribution in [2.24, 2.45) is 5.92 Å². The third-order valence-corrected chi connectivity index (χ3v) is 5.55. The molecule has 0 spiro atoms. The van der Waals surface area contributed by atoms with E-state index in [1.54, 1.807) is 18.4 Å². The predicted molar refractivity (Wildman–Crippen MR) is 96.1 cm³/mol. The van der Waals surface area contributed by atoms with Crippen LogP contribution in [0.3, 0.4) is 0 Å². The van der Waals surface area contributed by atoms with Gasteiger partial charge >= 0.3 is 0 Å². The second kappa shape index (κ2) is 7.27. The van der Waals surface area contributed by atoms with Crippen LogP contribution in [0.25, 0.3) is 10.2 Å². The first-order valence-electron chi connectivity index (χ1n) is 8.13. The number of likely N-dealkylation sites (N-methyl/N-ethyl adjacent to an activating group) is 1. The molecule has 1 fully saturated rings.